The van der Waals surface area contributed by atoms with Gasteiger partial charge in [0.15, 0.2) is 23.5 Å². The lowest BCUT2D eigenvalue weighted by molar-refractivity contribution is -0.201. The average molecular weight is 573 g/mol. The number of carbonyl (C=O) groups is 2. The Bertz CT molecular complexity index is 1510. The van der Waals surface area contributed by atoms with E-state index in [1.54, 1.807) is 12.2 Å². The highest BCUT2D eigenvalue weighted by atomic mass is 16.7. The quantitative estimate of drug-likeness (QED) is 0.462. The Morgan fingerprint density at radius 3 is 2.69 bits per heavy atom. The molecule has 3 saturated carbocycles. The van der Waals surface area contributed by atoms with Crippen molar-refractivity contribution in [2.75, 3.05) is 12.3 Å². The number of ketones is 2. The van der Waals surface area contributed by atoms with E-state index in [-0.39, 0.29) is 29.3 Å². The van der Waals surface area contributed by atoms with E-state index in [1.807, 2.05) is 49.7 Å². The van der Waals surface area contributed by atoms with Crippen molar-refractivity contribution in [1.82, 2.24) is 4.57 Å². The summed E-state index contributed by atoms with van der Waals surface area (Å²) < 4.78 is 15.5. The fourth-order valence-electron chi connectivity index (χ4n) is 9.64. The Hall–Kier alpha value is -3.04. The van der Waals surface area contributed by atoms with Gasteiger partial charge in [-0.3, -0.25) is 9.59 Å². The first-order chi connectivity index (χ1) is 20.0. The summed E-state index contributed by atoms with van der Waals surface area (Å²) in [4.78, 5) is 26.0. The lowest BCUT2D eigenvalue weighted by Crippen LogP contribution is -2.63. The molecule has 1 aliphatic heterocycles. The topological polar surface area (TPSA) is 124 Å². The van der Waals surface area contributed by atoms with Crippen molar-refractivity contribution >= 4 is 17.3 Å². The largest absolute Gasteiger partial charge is 0.399 e. The minimum Gasteiger partial charge on any atom is -0.399 e. The number of allylic oxidation sites excluding steroid dienone is 4. The van der Waals surface area contributed by atoms with Crippen LogP contribution in [0.2, 0.25) is 0 Å². The number of nitrogens with zero attached hydrogens (tertiary/aromatic N) is 1. The van der Waals surface area contributed by atoms with Crippen LogP contribution in [0.4, 0.5) is 5.69 Å². The molecular weight excluding hydrogens is 532 g/mol. The molecule has 4 aliphatic carbocycles. The fourth-order valence-corrected chi connectivity index (χ4v) is 9.64. The standard InChI is InChI=1S/C34H40N2O6/c1-19-15-36(16-20-4-7-22(35)8-5-20)17-25(19)31-41-29-13-26-24-9-6-21-12-23(38)10-11-32(21,2)30(24)27(39)14-33(26,3)34(29,42-31)28(40)18-37/h4-5,7-8,10-12,15,17,24,26-27,29-31,37,39H,6,9,13-14,16,18,35H2,1-3H3/t24-,26-,27-,29+,30+,31+,32-,33-,34+/m0/s1. The van der Waals surface area contributed by atoms with Gasteiger partial charge in [0.25, 0.3) is 0 Å². The summed E-state index contributed by atoms with van der Waals surface area (Å²) in [6, 6.07) is 7.77. The molecule has 1 aromatic heterocycles. The molecule has 9 atom stereocenters. The molecule has 0 amide bonds. The molecule has 8 heteroatoms. The number of aryl methyl sites for hydroxylation is 1. The van der Waals surface area contributed by atoms with Crippen LogP contribution in [-0.4, -0.2) is 50.8 Å². The van der Waals surface area contributed by atoms with Crippen molar-refractivity contribution in [1.29, 1.82) is 0 Å². The number of aromatic nitrogens is 1. The van der Waals surface area contributed by atoms with E-state index in [1.165, 1.54) is 0 Å². The number of nitrogens with two attached hydrogens (primary N) is 1. The number of aliphatic hydroxyl groups is 2. The molecule has 42 heavy (non-hydrogen) atoms. The second kappa shape index (κ2) is 9.48. The summed E-state index contributed by atoms with van der Waals surface area (Å²) in [5, 5.41) is 22.1. The van der Waals surface area contributed by atoms with Gasteiger partial charge in [-0.2, -0.15) is 0 Å². The summed E-state index contributed by atoms with van der Waals surface area (Å²) in [5.74, 6) is -0.255. The third kappa shape index (κ3) is 3.75. The smallest absolute Gasteiger partial charge is 0.193 e. The van der Waals surface area contributed by atoms with E-state index < -0.39 is 41.5 Å². The Balaban J connectivity index is 1.21. The van der Waals surface area contributed by atoms with E-state index in [2.05, 4.69) is 18.4 Å². The van der Waals surface area contributed by atoms with Crippen LogP contribution in [0.1, 0.15) is 62.5 Å². The number of carbonyl (C=O) groups excluding carboxylic acids is 2. The van der Waals surface area contributed by atoms with Crippen LogP contribution in [0.25, 0.3) is 0 Å². The summed E-state index contributed by atoms with van der Waals surface area (Å²) in [6.45, 7) is 6.21. The van der Waals surface area contributed by atoms with Gasteiger partial charge in [0.1, 0.15) is 6.61 Å². The lowest BCUT2D eigenvalue weighted by atomic mass is 9.46. The first-order valence-electron chi connectivity index (χ1n) is 15.1. The van der Waals surface area contributed by atoms with Gasteiger partial charge in [0.05, 0.1) is 12.2 Å². The summed E-state index contributed by atoms with van der Waals surface area (Å²) >= 11 is 0. The van der Waals surface area contributed by atoms with Gasteiger partial charge in [0.2, 0.25) is 0 Å². The number of fused-ring (bicyclic) bond motifs is 7. The monoisotopic (exact) mass is 572 g/mol. The minimum atomic E-state index is -1.36. The number of benzene rings is 1. The van der Waals surface area contributed by atoms with Gasteiger partial charge < -0.3 is 30.0 Å². The number of ether oxygens (including phenoxy) is 2. The SMILES string of the molecule is Cc1cn(Cc2ccc(N)cc2)cc1[C@@H]1O[C@@H]2C[C@H]3[C@@H]4CCC5=CC(=O)C=C[C@]5(C)[C@H]4[C@@H](O)C[C@]3(C)[C@]2(C(=O)CO)O1. The second-order valence-corrected chi connectivity index (χ2v) is 13.6. The summed E-state index contributed by atoms with van der Waals surface area (Å²) in [7, 11) is 0. The van der Waals surface area contributed by atoms with Crippen LogP contribution in [0, 0.1) is 35.5 Å². The van der Waals surface area contributed by atoms with Crippen LogP contribution in [0.15, 0.2) is 60.5 Å². The molecule has 0 radical (unpaired) electrons. The van der Waals surface area contributed by atoms with Crippen molar-refractivity contribution in [2.45, 2.75) is 77.1 Å². The number of hydrogen-bond acceptors (Lipinski definition) is 7. The molecule has 4 N–H and O–H groups in total. The van der Waals surface area contributed by atoms with Crippen LogP contribution in [0.5, 0.6) is 0 Å². The van der Waals surface area contributed by atoms with Crippen molar-refractivity contribution < 1.29 is 29.3 Å². The summed E-state index contributed by atoms with van der Waals surface area (Å²) in [5.41, 5.74) is 8.13. The summed E-state index contributed by atoms with van der Waals surface area (Å²) in [6.07, 6.45) is 10.0. The van der Waals surface area contributed by atoms with E-state index in [4.69, 9.17) is 15.2 Å². The second-order valence-electron chi connectivity index (χ2n) is 13.6. The predicted octanol–water partition coefficient (Wildman–Crippen LogP) is 4.03. The van der Waals surface area contributed by atoms with E-state index in [0.717, 1.165) is 40.8 Å². The lowest BCUT2D eigenvalue weighted by Gasteiger charge is -2.59. The fraction of sp³-hybridized carbons (Fsp3) is 0.529. The molecule has 0 bridgehead atoms. The third-order valence-electron chi connectivity index (χ3n) is 11.5. The maximum atomic E-state index is 13.8. The predicted molar refractivity (Wildman–Crippen MR) is 156 cm³/mol. The zero-order valence-corrected chi connectivity index (χ0v) is 24.5. The van der Waals surface area contributed by atoms with Gasteiger partial charge in [-0.1, -0.05) is 37.6 Å². The molecule has 2 aromatic rings. The number of aliphatic hydroxyl groups excluding tert-OH is 2. The molecular formula is C34H40N2O6. The van der Waals surface area contributed by atoms with E-state index in [0.29, 0.717) is 19.4 Å². The Morgan fingerprint density at radius 1 is 1.19 bits per heavy atom. The van der Waals surface area contributed by atoms with Crippen molar-refractivity contribution in [3.8, 4) is 0 Å². The normalized spacial score (nSPS) is 40.2. The van der Waals surface area contributed by atoms with Crippen LogP contribution in [-0.2, 0) is 25.6 Å². The van der Waals surface area contributed by atoms with Crippen molar-refractivity contribution in [3.63, 3.8) is 0 Å². The molecule has 222 valence electrons. The number of anilines is 1. The molecule has 4 fully saturated rings. The van der Waals surface area contributed by atoms with Gasteiger partial charge in [-0.15, -0.1) is 0 Å². The molecule has 7 rings (SSSR count). The van der Waals surface area contributed by atoms with Crippen LogP contribution >= 0.6 is 0 Å². The van der Waals surface area contributed by atoms with Gasteiger partial charge >= 0.3 is 0 Å². The highest BCUT2D eigenvalue weighted by Crippen LogP contribution is 2.70. The first kappa shape index (κ1) is 27.8. The molecule has 0 unspecified atom stereocenters. The number of rotatable bonds is 5. The molecule has 1 saturated heterocycles. The molecule has 8 nitrogen and oxygen atoms in total. The maximum Gasteiger partial charge on any atom is 0.193 e. The third-order valence-corrected chi connectivity index (χ3v) is 11.5. The minimum absolute atomic E-state index is 0.00406. The number of hydrogen-bond donors (Lipinski definition) is 3. The van der Waals surface area contributed by atoms with Gasteiger partial charge in [-0.25, -0.2) is 0 Å². The van der Waals surface area contributed by atoms with E-state index in [9.17, 15) is 19.8 Å². The molecule has 5 aliphatic rings. The van der Waals surface area contributed by atoms with Crippen molar-refractivity contribution in [2.24, 2.45) is 28.6 Å². The first-order valence-corrected chi connectivity index (χ1v) is 15.1. The molecule has 2 heterocycles. The zero-order chi connectivity index (χ0) is 29.6. The van der Waals surface area contributed by atoms with Gasteiger partial charge in [0, 0.05) is 46.9 Å². The highest BCUT2D eigenvalue weighted by molar-refractivity contribution is 6.01. The van der Waals surface area contributed by atoms with Gasteiger partial charge in [-0.05, 0) is 79.9 Å². The Morgan fingerprint density at radius 2 is 1.95 bits per heavy atom. The number of Topliss-reactive ketones (excluding diaryl/α,β-unsaturated/α-hetero) is 1. The zero-order valence-electron chi connectivity index (χ0n) is 24.5. The maximum absolute atomic E-state index is 13.8. The van der Waals surface area contributed by atoms with Crippen LogP contribution < -0.4 is 5.73 Å². The Kier molecular flexibility index (Phi) is 6.27. The number of nitrogen functional groups attached to an aromatic ring is 1. The molecule has 1 aromatic carbocycles. The molecule has 0 spiro atoms. The highest BCUT2D eigenvalue weighted by Gasteiger charge is 2.76. The van der Waals surface area contributed by atoms with E-state index >= 15 is 0 Å². The average Bonchev–Trinajstić information content (AvgIpc) is 3.58. The Labute approximate surface area is 246 Å². The van der Waals surface area contributed by atoms with Crippen molar-refractivity contribution in [3.05, 3.63) is 77.2 Å². The van der Waals surface area contributed by atoms with Crippen LogP contribution in [0.3, 0.4) is 0 Å².